The molecule has 0 N–H and O–H groups in total. The van der Waals surface area contributed by atoms with Crippen molar-refractivity contribution in [1.82, 2.24) is 0 Å². The van der Waals surface area contributed by atoms with E-state index >= 15 is 0 Å². The first-order chi connectivity index (χ1) is 7.91. The van der Waals surface area contributed by atoms with E-state index in [0.717, 1.165) is 27.5 Å². The third kappa shape index (κ3) is 1.75. The van der Waals surface area contributed by atoms with Gasteiger partial charge in [-0.1, -0.05) is 4.68 Å². The highest BCUT2D eigenvalue weighted by Crippen LogP contribution is 2.10. The van der Waals surface area contributed by atoms with E-state index in [-0.39, 0.29) is 5.91 Å². The van der Waals surface area contributed by atoms with Crippen LogP contribution in [-0.2, 0) is 4.79 Å². The quantitative estimate of drug-likeness (QED) is 0.642. The van der Waals surface area contributed by atoms with E-state index in [1.54, 1.807) is 23.6 Å². The molecule has 88 valence electrons. The van der Waals surface area contributed by atoms with Crippen molar-refractivity contribution >= 4 is 24.0 Å². The van der Waals surface area contributed by atoms with Crippen LogP contribution in [0, 0.1) is 6.92 Å². The lowest BCUT2D eigenvalue weighted by Gasteiger charge is -2.14. The molecule has 0 aromatic heterocycles. The van der Waals surface area contributed by atoms with Crippen LogP contribution in [0.3, 0.4) is 0 Å². The van der Waals surface area contributed by atoms with Crippen LogP contribution >= 0.6 is 0 Å². The summed E-state index contributed by atoms with van der Waals surface area (Å²) in [5.41, 5.74) is 2.94. The lowest BCUT2D eigenvalue weighted by atomic mass is 10.1. The Morgan fingerprint density at radius 3 is 2.65 bits per heavy atom. The first-order valence-corrected chi connectivity index (χ1v) is 5.47. The van der Waals surface area contributed by atoms with Crippen molar-refractivity contribution in [3.05, 3.63) is 28.3 Å². The molecule has 1 aromatic rings. The number of benzene rings is 1. The zero-order valence-corrected chi connectivity index (χ0v) is 10.6. The largest absolute Gasteiger partial charge is 0.313 e. The van der Waals surface area contributed by atoms with Crippen LogP contribution in [-0.4, -0.2) is 24.4 Å². The summed E-state index contributed by atoms with van der Waals surface area (Å²) < 4.78 is 1.60. The van der Waals surface area contributed by atoms with Gasteiger partial charge in [0.15, 0.2) is 12.1 Å². The minimum absolute atomic E-state index is 0.00633. The maximum atomic E-state index is 11.5. The maximum Gasteiger partial charge on any atom is 0.223 e. The Morgan fingerprint density at radius 1 is 1.41 bits per heavy atom. The Kier molecular flexibility index (Phi) is 2.58. The average Bonchev–Trinajstić information content (AvgIpc) is 2.54. The van der Waals surface area contributed by atoms with Crippen LogP contribution < -0.4 is 15.5 Å². The number of hydrogen-bond acceptors (Lipinski definition) is 2. The summed E-state index contributed by atoms with van der Waals surface area (Å²) in [6, 6.07) is 4.03. The topological polar surface area (TPSA) is 35.7 Å². The van der Waals surface area contributed by atoms with E-state index in [1.807, 2.05) is 19.9 Å². The Morgan fingerprint density at radius 2 is 2.06 bits per heavy atom. The molecule has 17 heavy (non-hydrogen) atoms. The summed E-state index contributed by atoms with van der Waals surface area (Å²) in [6.45, 7) is 9.36. The molecule has 0 saturated heterocycles. The van der Waals surface area contributed by atoms with Gasteiger partial charge in [-0.2, -0.15) is 0 Å². The molecule has 1 aliphatic rings. The first-order valence-electron chi connectivity index (χ1n) is 5.47. The molecule has 0 unspecified atom stereocenters. The van der Waals surface area contributed by atoms with E-state index < -0.39 is 0 Å². The number of carbonyl (C=O) groups excluding carboxylic acids is 1. The van der Waals surface area contributed by atoms with Gasteiger partial charge in [0, 0.05) is 26.0 Å². The highest BCUT2D eigenvalue weighted by molar-refractivity contribution is 5.90. The van der Waals surface area contributed by atoms with E-state index in [9.17, 15) is 4.79 Å². The first kappa shape index (κ1) is 11.5. The minimum atomic E-state index is -0.00633. The number of amides is 1. The number of aryl methyl sites for hydroxylation is 1. The summed E-state index contributed by atoms with van der Waals surface area (Å²) in [4.78, 5) is 13.1. The van der Waals surface area contributed by atoms with Crippen LogP contribution in [0.2, 0.25) is 0 Å². The van der Waals surface area contributed by atoms with E-state index in [1.165, 1.54) is 0 Å². The van der Waals surface area contributed by atoms with Gasteiger partial charge in [-0.15, -0.1) is 0 Å². The Labute approximate surface area is 100 Å². The molecule has 0 spiro atoms. The SMILES string of the molecule is C=[N+]1N=c2c(N(C)C(C)=O)cc(C)cc2=C1C. The standard InChI is InChI=1S/C13H16N3O/c1-8-6-11-9(2)16(5)14-13(11)12(7-8)15(4)10(3)17/h6-7H,5H2,1-4H3/q+1. The molecule has 2 rings (SSSR count). The van der Waals surface area contributed by atoms with Gasteiger partial charge < -0.3 is 4.90 Å². The molecular formula is C13H16N3O+. The molecule has 0 atom stereocenters. The third-order valence-corrected chi connectivity index (χ3v) is 3.07. The Bertz CT molecular complexity index is 643. The summed E-state index contributed by atoms with van der Waals surface area (Å²) in [5, 5.41) is 6.23. The molecule has 1 aliphatic heterocycles. The predicted octanol–water partition coefficient (Wildman–Crippen LogP) is 0.367. The van der Waals surface area contributed by atoms with E-state index in [4.69, 9.17) is 0 Å². The lowest BCUT2D eigenvalue weighted by Crippen LogP contribution is -2.34. The van der Waals surface area contributed by atoms with Gasteiger partial charge >= 0.3 is 0 Å². The van der Waals surface area contributed by atoms with Crippen molar-refractivity contribution in [2.75, 3.05) is 11.9 Å². The Balaban J connectivity index is 2.83. The van der Waals surface area contributed by atoms with Gasteiger partial charge in [-0.25, -0.2) is 0 Å². The molecule has 0 fully saturated rings. The molecule has 0 aliphatic carbocycles. The van der Waals surface area contributed by atoms with Crippen molar-refractivity contribution in [1.29, 1.82) is 0 Å². The monoisotopic (exact) mass is 230 g/mol. The molecule has 1 aromatic carbocycles. The zero-order chi connectivity index (χ0) is 12.7. The summed E-state index contributed by atoms with van der Waals surface area (Å²) in [7, 11) is 1.76. The fourth-order valence-corrected chi connectivity index (χ4v) is 1.90. The summed E-state index contributed by atoms with van der Waals surface area (Å²) in [6.07, 6.45) is 0. The van der Waals surface area contributed by atoms with E-state index in [2.05, 4.69) is 17.9 Å². The Hall–Kier alpha value is -1.97. The van der Waals surface area contributed by atoms with Crippen molar-refractivity contribution in [2.24, 2.45) is 5.10 Å². The highest BCUT2D eigenvalue weighted by Gasteiger charge is 2.20. The van der Waals surface area contributed by atoms with Crippen molar-refractivity contribution < 1.29 is 9.48 Å². The van der Waals surface area contributed by atoms with Crippen LogP contribution in [0.15, 0.2) is 17.2 Å². The maximum absolute atomic E-state index is 11.5. The predicted molar refractivity (Wildman–Crippen MR) is 67.5 cm³/mol. The molecular weight excluding hydrogens is 214 g/mol. The second kappa shape index (κ2) is 3.80. The van der Waals surface area contributed by atoms with Crippen LogP contribution in [0.5, 0.6) is 0 Å². The fraction of sp³-hybridized carbons (Fsp3) is 0.308. The third-order valence-electron chi connectivity index (χ3n) is 3.07. The number of fused-ring (bicyclic) bond motifs is 1. The number of hydrogen-bond donors (Lipinski definition) is 0. The van der Waals surface area contributed by atoms with Crippen molar-refractivity contribution in [3.63, 3.8) is 0 Å². The second-order valence-electron chi connectivity index (χ2n) is 4.34. The van der Waals surface area contributed by atoms with Gasteiger partial charge in [0.2, 0.25) is 11.6 Å². The van der Waals surface area contributed by atoms with Gasteiger partial charge in [-0.05, 0) is 24.6 Å². The molecule has 4 heteroatoms. The van der Waals surface area contributed by atoms with Crippen molar-refractivity contribution in [3.8, 4) is 0 Å². The summed E-state index contributed by atoms with van der Waals surface area (Å²) in [5.74, 6) is -0.00633. The van der Waals surface area contributed by atoms with Gasteiger partial charge in [-0.3, -0.25) is 4.79 Å². The normalized spacial score (nSPS) is 13.4. The number of nitrogens with zero attached hydrogens (tertiary/aromatic N) is 3. The number of rotatable bonds is 1. The van der Waals surface area contributed by atoms with Crippen LogP contribution in [0.1, 0.15) is 19.4 Å². The van der Waals surface area contributed by atoms with Gasteiger partial charge in [0.05, 0.1) is 10.9 Å². The minimum Gasteiger partial charge on any atom is -0.313 e. The second-order valence-corrected chi connectivity index (χ2v) is 4.34. The molecule has 0 radical (unpaired) electrons. The lowest BCUT2D eigenvalue weighted by molar-refractivity contribution is -0.431. The molecule has 0 saturated carbocycles. The molecule has 0 bridgehead atoms. The van der Waals surface area contributed by atoms with Crippen LogP contribution in [0.25, 0.3) is 5.70 Å². The molecule has 1 amide bonds. The molecule has 4 nitrogen and oxygen atoms in total. The highest BCUT2D eigenvalue weighted by atomic mass is 16.2. The molecule has 1 heterocycles. The zero-order valence-electron chi connectivity index (χ0n) is 10.6. The van der Waals surface area contributed by atoms with E-state index in [0.29, 0.717) is 0 Å². The number of carbonyl (C=O) groups is 1. The smallest absolute Gasteiger partial charge is 0.223 e. The number of anilines is 1. The van der Waals surface area contributed by atoms with Gasteiger partial charge in [0.25, 0.3) is 0 Å². The average molecular weight is 230 g/mol. The fourth-order valence-electron chi connectivity index (χ4n) is 1.90. The van der Waals surface area contributed by atoms with Gasteiger partial charge in [0.1, 0.15) is 0 Å². The van der Waals surface area contributed by atoms with Crippen LogP contribution in [0.4, 0.5) is 5.69 Å². The summed E-state index contributed by atoms with van der Waals surface area (Å²) >= 11 is 0. The van der Waals surface area contributed by atoms with Crippen molar-refractivity contribution in [2.45, 2.75) is 20.8 Å².